The van der Waals surface area contributed by atoms with Gasteiger partial charge in [0.25, 0.3) is 0 Å². The maximum Gasteiger partial charge on any atom is 0.128 e. The SMILES string of the molecule is CC(C)CCCCC[CH2][Zn][CH2]CCCCCC(C)C.NC(=S)S. The fourth-order valence-electron chi connectivity index (χ4n) is 2.70. The first-order valence-electron chi connectivity index (χ1n) is 9.84. The molecule has 0 rings (SSSR count). The van der Waals surface area contributed by atoms with E-state index in [1.165, 1.54) is 51.4 Å². The predicted octanol–water partition coefficient (Wildman–Crippen LogP) is 7.28. The second kappa shape index (κ2) is 20.9. The molecule has 0 fully saturated rings. The first-order valence-corrected chi connectivity index (χ1v) is 14.9. The van der Waals surface area contributed by atoms with Gasteiger partial charge in [-0.2, -0.15) is 0 Å². The van der Waals surface area contributed by atoms with E-state index in [1.54, 1.807) is 22.9 Å². The number of rotatable bonds is 14. The van der Waals surface area contributed by atoms with Crippen molar-refractivity contribution in [2.75, 3.05) is 0 Å². The summed E-state index contributed by atoms with van der Waals surface area (Å²) in [6, 6.07) is 0. The Labute approximate surface area is 165 Å². The Morgan fingerprint density at radius 1 is 0.783 bits per heavy atom. The molecule has 0 aliphatic heterocycles. The Balaban J connectivity index is 0. The summed E-state index contributed by atoms with van der Waals surface area (Å²) in [4.78, 5) is 0. The van der Waals surface area contributed by atoms with Gasteiger partial charge in [-0.15, -0.1) is 12.6 Å². The van der Waals surface area contributed by atoms with Gasteiger partial charge in [-0.1, -0.05) is 12.2 Å². The predicted molar refractivity (Wildman–Crippen MR) is 111 cm³/mol. The van der Waals surface area contributed by atoms with Crippen molar-refractivity contribution in [3.8, 4) is 0 Å². The van der Waals surface area contributed by atoms with Crippen molar-refractivity contribution in [1.82, 2.24) is 0 Å². The normalized spacial score (nSPS) is 10.4. The molecule has 0 bridgehead atoms. The zero-order valence-electron chi connectivity index (χ0n) is 16.3. The summed E-state index contributed by atoms with van der Waals surface area (Å²) in [6.07, 6.45) is 15.0. The first-order chi connectivity index (χ1) is 10.9. The largest absolute Gasteiger partial charge is 0.385 e. The summed E-state index contributed by atoms with van der Waals surface area (Å²) in [7, 11) is 0. The van der Waals surface area contributed by atoms with Crippen molar-refractivity contribution >= 4 is 29.2 Å². The van der Waals surface area contributed by atoms with Gasteiger partial charge in [0, 0.05) is 0 Å². The Bertz CT molecular complexity index is 224. The Hall–Kier alpha value is 0.863. The molecule has 0 aliphatic carbocycles. The van der Waals surface area contributed by atoms with Crippen molar-refractivity contribution in [2.24, 2.45) is 17.6 Å². The van der Waals surface area contributed by atoms with E-state index < -0.39 is 0 Å². The van der Waals surface area contributed by atoms with Gasteiger partial charge < -0.3 is 5.73 Å². The average molecular weight is 413 g/mol. The fraction of sp³-hybridized carbons (Fsp3) is 0.947. The third-order valence-electron chi connectivity index (χ3n) is 4.06. The average Bonchev–Trinajstić information content (AvgIpc) is 2.42. The number of thiol groups is 1. The second-order valence-corrected chi connectivity index (χ2v) is 13.3. The summed E-state index contributed by atoms with van der Waals surface area (Å²) < 4.78 is 0.194. The minimum absolute atomic E-state index is 0.0977. The van der Waals surface area contributed by atoms with Crippen LogP contribution in [0.4, 0.5) is 0 Å². The minimum atomic E-state index is -0.0977. The summed E-state index contributed by atoms with van der Waals surface area (Å²) in [6.45, 7) is 9.38. The molecule has 1 nitrogen and oxygen atoms in total. The van der Waals surface area contributed by atoms with E-state index in [9.17, 15) is 0 Å². The van der Waals surface area contributed by atoms with Gasteiger partial charge >= 0.3 is 131 Å². The monoisotopic (exact) mass is 411 g/mol. The molecule has 0 radical (unpaired) electrons. The van der Waals surface area contributed by atoms with Crippen LogP contribution >= 0.6 is 24.8 Å². The number of hydrogen-bond acceptors (Lipinski definition) is 1. The van der Waals surface area contributed by atoms with E-state index in [-0.39, 0.29) is 21.4 Å². The molecule has 0 saturated heterocycles. The van der Waals surface area contributed by atoms with Crippen molar-refractivity contribution in [2.45, 2.75) is 102 Å². The third kappa shape index (κ3) is 35.0. The van der Waals surface area contributed by atoms with Crippen molar-refractivity contribution in [3.63, 3.8) is 0 Å². The summed E-state index contributed by atoms with van der Waals surface area (Å²) in [5.74, 6) is 1.82. The van der Waals surface area contributed by atoms with Crippen molar-refractivity contribution < 1.29 is 17.1 Å². The molecule has 0 spiro atoms. The number of hydrogen-bond donors (Lipinski definition) is 2. The number of nitrogens with two attached hydrogens (primary N) is 1. The Morgan fingerprint density at radius 2 is 1.09 bits per heavy atom. The molecule has 0 aromatic rings. The van der Waals surface area contributed by atoms with Crippen molar-refractivity contribution in [1.29, 1.82) is 0 Å². The maximum absolute atomic E-state index is 4.71. The van der Waals surface area contributed by atoms with Crippen LogP contribution in [0.2, 0.25) is 10.0 Å². The molecule has 0 aromatic carbocycles. The second-order valence-electron chi connectivity index (χ2n) is 7.59. The van der Waals surface area contributed by atoms with E-state index in [0.717, 1.165) is 11.8 Å². The van der Waals surface area contributed by atoms with E-state index in [0.29, 0.717) is 0 Å². The van der Waals surface area contributed by atoms with E-state index in [4.69, 9.17) is 5.73 Å². The smallest absolute Gasteiger partial charge is 0.128 e. The summed E-state index contributed by atoms with van der Waals surface area (Å²) in [5, 5.41) is 3.33. The molecule has 23 heavy (non-hydrogen) atoms. The molecule has 0 aromatic heterocycles. The summed E-state index contributed by atoms with van der Waals surface area (Å²) >= 11 is 7.56. The Kier molecular flexibility index (Phi) is 23.7. The number of unbranched alkanes of at least 4 members (excludes halogenated alkanes) is 6. The van der Waals surface area contributed by atoms with Crippen LogP contribution < -0.4 is 5.73 Å². The molecule has 0 atom stereocenters. The minimum Gasteiger partial charge on any atom is -0.385 e. The molecule has 136 valence electrons. The van der Waals surface area contributed by atoms with Gasteiger partial charge in [-0.3, -0.25) is 0 Å². The van der Waals surface area contributed by atoms with Crippen molar-refractivity contribution in [3.05, 3.63) is 0 Å². The van der Waals surface area contributed by atoms with E-state index >= 15 is 0 Å². The van der Waals surface area contributed by atoms with Crippen LogP contribution in [-0.2, 0) is 17.1 Å². The molecular weight excluding hydrogens is 372 g/mol. The third-order valence-corrected chi connectivity index (χ3v) is 8.26. The molecule has 0 heterocycles. The first kappa shape index (κ1) is 26.1. The molecule has 2 N–H and O–H groups in total. The summed E-state index contributed by atoms with van der Waals surface area (Å²) in [5.41, 5.74) is 4.71. The zero-order chi connectivity index (χ0) is 17.9. The van der Waals surface area contributed by atoms with Crippen LogP contribution in [0.5, 0.6) is 0 Å². The molecular formula is C19H41NS2Zn. The Morgan fingerprint density at radius 3 is 1.39 bits per heavy atom. The van der Waals surface area contributed by atoms with Crippen LogP contribution in [-0.4, -0.2) is 4.32 Å². The quantitative estimate of drug-likeness (QED) is 0.136. The van der Waals surface area contributed by atoms with Crippen LogP contribution in [0.25, 0.3) is 0 Å². The van der Waals surface area contributed by atoms with Crippen LogP contribution in [0, 0.1) is 11.8 Å². The van der Waals surface area contributed by atoms with Crippen LogP contribution in [0.3, 0.4) is 0 Å². The number of thiocarbonyl (C=S) groups is 1. The van der Waals surface area contributed by atoms with Gasteiger partial charge in [0.15, 0.2) is 0 Å². The molecule has 4 heteroatoms. The van der Waals surface area contributed by atoms with E-state index in [2.05, 4.69) is 52.5 Å². The van der Waals surface area contributed by atoms with Gasteiger partial charge in [0.1, 0.15) is 4.32 Å². The molecule has 0 amide bonds. The topological polar surface area (TPSA) is 26.0 Å². The molecule has 0 unspecified atom stereocenters. The van der Waals surface area contributed by atoms with Gasteiger partial charge in [0.2, 0.25) is 0 Å². The van der Waals surface area contributed by atoms with Gasteiger partial charge in [-0.25, -0.2) is 0 Å². The van der Waals surface area contributed by atoms with Gasteiger partial charge in [0.05, 0.1) is 0 Å². The molecule has 0 saturated carbocycles. The fourth-order valence-corrected chi connectivity index (χ4v) is 6.41. The standard InChI is InChI=1S/2C9H19.CH3NS2.Zn/c2*1-4-5-6-7-8-9(2)3;2-1(3)4;/h2*9H,1,4-8H2,2-3H3;(H3,2,3,4);. The van der Waals surface area contributed by atoms with Crippen LogP contribution in [0.15, 0.2) is 0 Å². The van der Waals surface area contributed by atoms with Gasteiger partial charge in [-0.05, 0) is 0 Å². The molecule has 0 aliphatic rings. The van der Waals surface area contributed by atoms with Crippen LogP contribution in [0.1, 0.15) is 91.9 Å². The maximum atomic E-state index is 4.71. The zero-order valence-corrected chi connectivity index (χ0v) is 21.0. The van der Waals surface area contributed by atoms with E-state index in [1.807, 2.05) is 0 Å².